The van der Waals surface area contributed by atoms with Gasteiger partial charge in [-0.1, -0.05) is 18.2 Å². The van der Waals surface area contributed by atoms with Crippen LogP contribution in [0.15, 0.2) is 47.8 Å². The maximum Gasteiger partial charge on any atom is 0.273 e. The Kier molecular flexibility index (Phi) is 6.56. The third-order valence-electron chi connectivity index (χ3n) is 6.67. The molecule has 5 rings (SSSR count). The Labute approximate surface area is 208 Å². The van der Waals surface area contributed by atoms with Crippen molar-refractivity contribution in [2.45, 2.75) is 38.8 Å². The van der Waals surface area contributed by atoms with Gasteiger partial charge in [0.15, 0.2) is 0 Å². The summed E-state index contributed by atoms with van der Waals surface area (Å²) in [7, 11) is 1.75. The largest absolute Gasteiger partial charge is 0.486 e. The molecule has 1 aliphatic heterocycles. The van der Waals surface area contributed by atoms with Gasteiger partial charge in [0.2, 0.25) is 5.91 Å². The smallest absolute Gasteiger partial charge is 0.273 e. The van der Waals surface area contributed by atoms with Gasteiger partial charge < -0.3 is 14.5 Å². The van der Waals surface area contributed by atoms with Gasteiger partial charge in [0.25, 0.3) is 5.91 Å². The molecule has 1 unspecified atom stereocenters. The van der Waals surface area contributed by atoms with E-state index in [4.69, 9.17) is 4.74 Å². The molecule has 8 heteroatoms. The van der Waals surface area contributed by atoms with Crippen LogP contribution in [0.1, 0.15) is 58.0 Å². The Balaban J connectivity index is 1.40. The number of fused-ring (bicyclic) bond motifs is 1. The number of carbonyl (C=O) groups is 2. The van der Waals surface area contributed by atoms with E-state index in [0.717, 1.165) is 36.0 Å². The topological polar surface area (TPSA) is 62.7 Å². The fourth-order valence-electron chi connectivity index (χ4n) is 4.48. The monoisotopic (exact) mass is 493 g/mol. The maximum atomic E-state index is 14.2. The molecule has 0 saturated heterocycles. The van der Waals surface area contributed by atoms with Crippen LogP contribution in [0.4, 0.5) is 4.39 Å². The number of benzene rings is 2. The van der Waals surface area contributed by atoms with Crippen LogP contribution >= 0.6 is 11.3 Å². The molecule has 1 fully saturated rings. The Morgan fingerprint density at radius 3 is 2.80 bits per heavy atom. The molecular weight excluding hydrogens is 465 g/mol. The van der Waals surface area contributed by atoms with Gasteiger partial charge in [-0.05, 0) is 67.1 Å². The van der Waals surface area contributed by atoms with E-state index >= 15 is 0 Å². The number of halogens is 1. The lowest BCUT2D eigenvalue weighted by molar-refractivity contribution is -0.134. The average Bonchev–Trinajstić information content (AvgIpc) is 3.62. The van der Waals surface area contributed by atoms with Gasteiger partial charge in [0.1, 0.15) is 28.9 Å². The third kappa shape index (κ3) is 4.93. The van der Waals surface area contributed by atoms with Crippen LogP contribution in [-0.2, 0) is 17.8 Å². The first-order valence-corrected chi connectivity index (χ1v) is 12.8. The molecule has 3 aromatic rings. The molecule has 1 atom stereocenters. The molecule has 2 heterocycles. The zero-order chi connectivity index (χ0) is 24.5. The van der Waals surface area contributed by atoms with E-state index in [9.17, 15) is 14.0 Å². The summed E-state index contributed by atoms with van der Waals surface area (Å²) in [4.78, 5) is 33.4. The number of thiazole rings is 1. The maximum absolute atomic E-state index is 14.2. The van der Waals surface area contributed by atoms with Crippen molar-refractivity contribution in [3.63, 3.8) is 0 Å². The van der Waals surface area contributed by atoms with E-state index in [1.807, 2.05) is 36.1 Å². The molecule has 1 aromatic heterocycles. The number of hydrogen-bond acceptors (Lipinski definition) is 5. The lowest BCUT2D eigenvalue weighted by atomic mass is 9.87. The minimum atomic E-state index is -0.347. The number of hydrogen-bond donors (Lipinski definition) is 0. The quantitative estimate of drug-likeness (QED) is 0.473. The van der Waals surface area contributed by atoms with Gasteiger partial charge in [0.05, 0.1) is 6.04 Å². The van der Waals surface area contributed by atoms with Crippen molar-refractivity contribution < 1.29 is 18.7 Å². The normalized spacial score (nSPS) is 17.1. The fraction of sp³-hybridized carbons (Fsp3) is 0.370. The summed E-state index contributed by atoms with van der Waals surface area (Å²) in [5.74, 6) is 0.458. The second-order valence-corrected chi connectivity index (χ2v) is 10.1. The van der Waals surface area contributed by atoms with Crippen molar-refractivity contribution in [3.8, 4) is 5.75 Å². The number of aromatic nitrogens is 1. The lowest BCUT2D eigenvalue weighted by Crippen LogP contribution is -2.41. The summed E-state index contributed by atoms with van der Waals surface area (Å²) >= 11 is 1.39. The predicted octanol–water partition coefficient (Wildman–Crippen LogP) is 4.84. The van der Waals surface area contributed by atoms with Crippen molar-refractivity contribution in [3.05, 3.63) is 81.1 Å². The number of nitrogens with zero attached hydrogens (tertiary/aromatic N) is 3. The van der Waals surface area contributed by atoms with Crippen LogP contribution < -0.4 is 4.74 Å². The highest BCUT2D eigenvalue weighted by molar-refractivity contribution is 7.09. The fourth-order valence-corrected chi connectivity index (χ4v) is 5.16. The van der Waals surface area contributed by atoms with Crippen molar-refractivity contribution in [2.24, 2.45) is 5.92 Å². The third-order valence-corrected chi connectivity index (χ3v) is 7.50. The highest BCUT2D eigenvalue weighted by Gasteiger charge is 2.39. The first-order chi connectivity index (χ1) is 16.9. The lowest BCUT2D eigenvalue weighted by Gasteiger charge is -2.38. The Bertz CT molecular complexity index is 1260. The number of amides is 2. The van der Waals surface area contributed by atoms with E-state index in [1.54, 1.807) is 23.4 Å². The van der Waals surface area contributed by atoms with E-state index in [0.29, 0.717) is 29.5 Å². The first-order valence-electron chi connectivity index (χ1n) is 12.0. The molecule has 2 aromatic carbocycles. The highest BCUT2D eigenvalue weighted by atomic mass is 32.1. The van der Waals surface area contributed by atoms with Gasteiger partial charge >= 0.3 is 0 Å². The number of carbonyl (C=O) groups excluding carboxylic acids is 2. The second kappa shape index (κ2) is 9.77. The zero-order valence-electron chi connectivity index (χ0n) is 19.9. The molecular formula is C27H28FN3O3S. The summed E-state index contributed by atoms with van der Waals surface area (Å²) in [6.07, 6.45) is 2.60. The molecule has 1 saturated carbocycles. The van der Waals surface area contributed by atoms with Crippen LogP contribution in [-0.4, -0.2) is 46.7 Å². The molecule has 0 spiro atoms. The summed E-state index contributed by atoms with van der Waals surface area (Å²) < 4.78 is 20.2. The van der Waals surface area contributed by atoms with Crippen molar-refractivity contribution in [1.82, 2.24) is 14.8 Å². The van der Waals surface area contributed by atoms with Gasteiger partial charge in [-0.3, -0.25) is 9.59 Å². The van der Waals surface area contributed by atoms with Crippen molar-refractivity contribution in [2.75, 3.05) is 20.1 Å². The molecule has 6 nitrogen and oxygen atoms in total. The zero-order valence-corrected chi connectivity index (χ0v) is 20.7. The molecule has 2 amide bonds. The van der Waals surface area contributed by atoms with E-state index < -0.39 is 0 Å². The number of ether oxygens (including phenoxy) is 1. The van der Waals surface area contributed by atoms with Crippen LogP contribution in [0.25, 0.3) is 0 Å². The van der Waals surface area contributed by atoms with Crippen LogP contribution in [0.5, 0.6) is 5.75 Å². The molecule has 182 valence electrons. The molecule has 1 aliphatic carbocycles. The second-order valence-electron chi connectivity index (χ2n) is 9.11. The molecule has 2 aliphatic rings. The molecule has 0 radical (unpaired) electrons. The van der Waals surface area contributed by atoms with E-state index in [1.165, 1.54) is 23.5 Å². The molecule has 0 N–H and O–H groups in total. The van der Waals surface area contributed by atoms with Crippen molar-refractivity contribution >= 4 is 23.2 Å². The predicted molar refractivity (Wildman–Crippen MR) is 132 cm³/mol. The van der Waals surface area contributed by atoms with Gasteiger partial charge in [0, 0.05) is 31.4 Å². The molecule has 0 bridgehead atoms. The van der Waals surface area contributed by atoms with Crippen LogP contribution in [0.2, 0.25) is 0 Å². The Hall–Kier alpha value is -3.26. The molecule has 35 heavy (non-hydrogen) atoms. The van der Waals surface area contributed by atoms with Gasteiger partial charge in [-0.2, -0.15) is 0 Å². The van der Waals surface area contributed by atoms with Crippen LogP contribution in [0.3, 0.4) is 0 Å². The minimum Gasteiger partial charge on any atom is -0.486 e. The minimum absolute atomic E-state index is 0.0839. The highest BCUT2D eigenvalue weighted by Crippen LogP contribution is 2.41. The number of rotatable bonds is 7. The summed E-state index contributed by atoms with van der Waals surface area (Å²) in [5.41, 5.74) is 3.29. The Morgan fingerprint density at radius 1 is 1.23 bits per heavy atom. The average molecular weight is 494 g/mol. The van der Waals surface area contributed by atoms with E-state index in [2.05, 4.69) is 4.98 Å². The summed E-state index contributed by atoms with van der Waals surface area (Å²) in [6, 6.07) is 12.1. The van der Waals surface area contributed by atoms with Gasteiger partial charge in [-0.25, -0.2) is 9.37 Å². The SMILES string of the molecule is CCN(C)C(=O)c1csc(COc2ccc3c(c2)C(c2cccc(F)c2)N(C(=O)C2CC2)CC3)n1. The standard InChI is InChI=1S/C27H28FN3O3S/c1-3-30(2)27(33)23-16-35-24(29-23)15-34-21-10-9-17-11-12-31(26(32)18-7-8-18)25(22(17)14-21)19-5-4-6-20(28)13-19/h4-6,9-10,13-14,16,18,25H,3,7-8,11-12,15H2,1-2H3. The van der Waals surface area contributed by atoms with E-state index in [-0.39, 0.29) is 36.2 Å². The van der Waals surface area contributed by atoms with Crippen molar-refractivity contribution in [1.29, 1.82) is 0 Å². The van der Waals surface area contributed by atoms with Crippen LogP contribution in [0, 0.1) is 11.7 Å². The summed E-state index contributed by atoms with van der Waals surface area (Å²) in [5, 5.41) is 2.46. The summed E-state index contributed by atoms with van der Waals surface area (Å²) in [6.45, 7) is 3.39. The first kappa shape index (κ1) is 23.5. The van der Waals surface area contributed by atoms with Gasteiger partial charge in [-0.15, -0.1) is 11.3 Å². The Morgan fingerprint density at radius 2 is 2.06 bits per heavy atom.